The molecule has 1 saturated heterocycles. The van der Waals surface area contributed by atoms with E-state index in [0.29, 0.717) is 25.9 Å². The molecular weight excluding hydrogens is 190 g/mol. The molecule has 0 spiro atoms. The molecule has 2 fully saturated rings. The third-order valence-electron chi connectivity index (χ3n) is 3.05. The van der Waals surface area contributed by atoms with Crippen molar-refractivity contribution in [3.63, 3.8) is 0 Å². The highest BCUT2D eigenvalue weighted by Gasteiger charge is 2.56. The first-order valence-corrected chi connectivity index (χ1v) is 6.17. The Morgan fingerprint density at radius 2 is 1.77 bits per heavy atom. The summed E-state index contributed by atoms with van der Waals surface area (Å²) in [7, 11) is -3.19. The molecule has 76 valence electrons. The molecule has 2 aliphatic rings. The second-order valence-electron chi connectivity index (χ2n) is 3.95. The Kier molecular flexibility index (Phi) is 2.13. The van der Waals surface area contributed by atoms with Crippen LogP contribution in [0.15, 0.2) is 0 Å². The van der Waals surface area contributed by atoms with Gasteiger partial charge in [-0.1, -0.05) is 0 Å². The summed E-state index contributed by atoms with van der Waals surface area (Å²) < 4.78 is 24.6. The lowest BCUT2D eigenvalue weighted by Gasteiger charge is -2.21. The molecule has 0 amide bonds. The highest BCUT2D eigenvalue weighted by atomic mass is 32.2. The monoisotopic (exact) mass is 205 g/mol. The zero-order valence-electron chi connectivity index (χ0n) is 7.57. The molecule has 1 aliphatic carbocycles. The van der Waals surface area contributed by atoms with Crippen molar-refractivity contribution < 1.29 is 13.5 Å². The molecule has 0 aromatic rings. The van der Waals surface area contributed by atoms with Gasteiger partial charge in [0.2, 0.25) is 10.0 Å². The molecule has 4 nitrogen and oxygen atoms in total. The zero-order valence-corrected chi connectivity index (χ0v) is 8.39. The number of aliphatic hydroxyl groups excluding tert-OH is 1. The molecule has 1 aliphatic heterocycles. The minimum Gasteiger partial charge on any atom is -0.395 e. The van der Waals surface area contributed by atoms with Crippen LogP contribution < -0.4 is 0 Å². The fourth-order valence-electron chi connectivity index (χ4n) is 1.84. The molecule has 0 atom stereocenters. The van der Waals surface area contributed by atoms with Crippen LogP contribution in [0.4, 0.5) is 0 Å². The molecule has 1 heterocycles. The van der Waals surface area contributed by atoms with Gasteiger partial charge in [0.15, 0.2) is 0 Å². The summed E-state index contributed by atoms with van der Waals surface area (Å²) in [5, 5.41) is 9.05. The molecule has 0 aromatic carbocycles. The zero-order chi connectivity index (χ0) is 9.53. The SMILES string of the molecule is O=S(=O)(N1CCCC1)C1(CO)CC1. The van der Waals surface area contributed by atoms with E-state index in [0.717, 1.165) is 12.8 Å². The van der Waals surface area contributed by atoms with E-state index >= 15 is 0 Å². The lowest BCUT2D eigenvalue weighted by atomic mass is 10.4. The maximum absolute atomic E-state index is 11.9. The molecule has 0 radical (unpaired) electrons. The molecule has 5 heteroatoms. The Balaban J connectivity index is 2.20. The van der Waals surface area contributed by atoms with Gasteiger partial charge in [0.25, 0.3) is 0 Å². The molecule has 0 aromatic heterocycles. The van der Waals surface area contributed by atoms with Crippen molar-refractivity contribution in [2.24, 2.45) is 0 Å². The molecular formula is C8H15NO3S. The van der Waals surface area contributed by atoms with Gasteiger partial charge in [-0.05, 0) is 25.7 Å². The van der Waals surface area contributed by atoms with Gasteiger partial charge in [0.05, 0.1) is 6.61 Å². The van der Waals surface area contributed by atoms with Crippen LogP contribution in [0.25, 0.3) is 0 Å². The minimum atomic E-state index is -3.19. The number of aliphatic hydroxyl groups is 1. The van der Waals surface area contributed by atoms with Gasteiger partial charge in [-0.2, -0.15) is 0 Å². The fourth-order valence-corrected chi connectivity index (χ4v) is 3.91. The third kappa shape index (κ3) is 1.30. The van der Waals surface area contributed by atoms with Crippen LogP contribution in [0, 0.1) is 0 Å². The predicted molar refractivity (Wildman–Crippen MR) is 48.8 cm³/mol. The Morgan fingerprint density at radius 3 is 2.15 bits per heavy atom. The number of hydrogen-bond acceptors (Lipinski definition) is 3. The van der Waals surface area contributed by atoms with Gasteiger partial charge in [-0.25, -0.2) is 12.7 Å². The molecule has 2 rings (SSSR count). The minimum absolute atomic E-state index is 0.216. The summed E-state index contributed by atoms with van der Waals surface area (Å²) in [4.78, 5) is 0. The highest BCUT2D eigenvalue weighted by Crippen LogP contribution is 2.45. The van der Waals surface area contributed by atoms with Gasteiger partial charge < -0.3 is 5.11 Å². The average molecular weight is 205 g/mol. The number of nitrogens with zero attached hydrogens (tertiary/aromatic N) is 1. The molecule has 1 N–H and O–H groups in total. The highest BCUT2D eigenvalue weighted by molar-refractivity contribution is 7.90. The predicted octanol–water partition coefficient (Wildman–Crippen LogP) is -0.0631. The maximum atomic E-state index is 11.9. The van der Waals surface area contributed by atoms with Crippen LogP contribution in [0.1, 0.15) is 25.7 Å². The summed E-state index contributed by atoms with van der Waals surface area (Å²) in [6, 6.07) is 0. The van der Waals surface area contributed by atoms with Gasteiger partial charge in [0, 0.05) is 13.1 Å². The second-order valence-corrected chi connectivity index (χ2v) is 6.28. The van der Waals surface area contributed by atoms with Crippen LogP contribution in [-0.2, 0) is 10.0 Å². The second kappa shape index (κ2) is 2.93. The first-order chi connectivity index (χ1) is 6.12. The molecule has 0 bridgehead atoms. The quantitative estimate of drug-likeness (QED) is 0.702. The van der Waals surface area contributed by atoms with E-state index < -0.39 is 14.8 Å². The average Bonchev–Trinajstić information content (AvgIpc) is 2.72. The number of sulfonamides is 1. The smallest absolute Gasteiger partial charge is 0.222 e. The Labute approximate surface area is 78.6 Å². The van der Waals surface area contributed by atoms with Gasteiger partial charge in [-0.15, -0.1) is 0 Å². The van der Waals surface area contributed by atoms with Crippen molar-refractivity contribution in [1.29, 1.82) is 0 Å². The van der Waals surface area contributed by atoms with Gasteiger partial charge in [-0.3, -0.25) is 0 Å². The van der Waals surface area contributed by atoms with Crippen LogP contribution in [-0.4, -0.2) is 42.3 Å². The summed E-state index contributed by atoms with van der Waals surface area (Å²) in [6.45, 7) is 1.07. The van der Waals surface area contributed by atoms with Gasteiger partial charge in [0.1, 0.15) is 4.75 Å². The first-order valence-electron chi connectivity index (χ1n) is 4.73. The largest absolute Gasteiger partial charge is 0.395 e. The normalized spacial score (nSPS) is 27.8. The lowest BCUT2D eigenvalue weighted by molar-refractivity contribution is 0.278. The molecule has 13 heavy (non-hydrogen) atoms. The third-order valence-corrected chi connectivity index (χ3v) is 5.72. The molecule has 0 unspecified atom stereocenters. The van der Waals surface area contributed by atoms with Crippen LogP contribution in [0.5, 0.6) is 0 Å². The summed E-state index contributed by atoms with van der Waals surface area (Å²) in [6.07, 6.45) is 3.17. The number of hydrogen-bond donors (Lipinski definition) is 1. The Bertz CT molecular complexity index is 289. The van der Waals surface area contributed by atoms with Crippen LogP contribution in [0.3, 0.4) is 0 Å². The van der Waals surface area contributed by atoms with E-state index in [9.17, 15) is 8.42 Å². The first kappa shape index (κ1) is 9.43. The summed E-state index contributed by atoms with van der Waals surface area (Å²) in [5.74, 6) is 0. The topological polar surface area (TPSA) is 57.6 Å². The maximum Gasteiger partial charge on any atom is 0.222 e. The van der Waals surface area contributed by atoms with Crippen LogP contribution >= 0.6 is 0 Å². The van der Waals surface area contributed by atoms with E-state index in [2.05, 4.69) is 0 Å². The van der Waals surface area contributed by atoms with Crippen molar-refractivity contribution in [2.75, 3.05) is 19.7 Å². The summed E-state index contributed by atoms with van der Waals surface area (Å²) in [5.41, 5.74) is 0. The van der Waals surface area contributed by atoms with Crippen molar-refractivity contribution in [1.82, 2.24) is 4.31 Å². The van der Waals surface area contributed by atoms with Crippen molar-refractivity contribution in [3.05, 3.63) is 0 Å². The Morgan fingerprint density at radius 1 is 1.23 bits per heavy atom. The standard InChI is InChI=1S/C8H15NO3S/c10-7-8(3-4-8)13(11,12)9-5-1-2-6-9/h10H,1-7H2. The Hall–Kier alpha value is -0.130. The lowest BCUT2D eigenvalue weighted by Crippen LogP contribution is -2.40. The van der Waals surface area contributed by atoms with Crippen LogP contribution in [0.2, 0.25) is 0 Å². The summed E-state index contributed by atoms with van der Waals surface area (Å²) >= 11 is 0. The van der Waals surface area contributed by atoms with E-state index in [4.69, 9.17) is 5.11 Å². The van der Waals surface area contributed by atoms with E-state index in [1.807, 2.05) is 0 Å². The van der Waals surface area contributed by atoms with E-state index in [1.54, 1.807) is 0 Å². The van der Waals surface area contributed by atoms with Crippen molar-refractivity contribution in [2.45, 2.75) is 30.4 Å². The van der Waals surface area contributed by atoms with Crippen molar-refractivity contribution in [3.8, 4) is 0 Å². The van der Waals surface area contributed by atoms with E-state index in [-0.39, 0.29) is 6.61 Å². The number of rotatable bonds is 3. The molecule has 1 saturated carbocycles. The van der Waals surface area contributed by atoms with E-state index in [1.165, 1.54) is 4.31 Å². The van der Waals surface area contributed by atoms with Gasteiger partial charge >= 0.3 is 0 Å². The fraction of sp³-hybridized carbons (Fsp3) is 1.00. The van der Waals surface area contributed by atoms with Crippen molar-refractivity contribution >= 4 is 10.0 Å².